The van der Waals surface area contributed by atoms with E-state index in [-0.39, 0.29) is 16.5 Å². The normalized spacial score (nSPS) is 16.0. The summed E-state index contributed by atoms with van der Waals surface area (Å²) in [5.41, 5.74) is 0.0841. The summed E-state index contributed by atoms with van der Waals surface area (Å²) < 4.78 is 5.54. The maximum absolute atomic E-state index is 12.1. The maximum atomic E-state index is 12.1. The number of nitrogens with zero attached hydrogens (tertiary/aromatic N) is 1. The van der Waals surface area contributed by atoms with Gasteiger partial charge in [0.15, 0.2) is 6.10 Å². The van der Waals surface area contributed by atoms with Crippen LogP contribution in [0, 0.1) is 0 Å². The molecule has 0 bridgehead atoms. The highest BCUT2D eigenvalue weighted by atomic mass is 35.5. The molecular weight excluding hydrogens is 282 g/mol. The number of hydrogen-bond donors (Lipinski definition) is 1. The molecule has 0 saturated carbocycles. The Bertz CT molecular complexity index is 526. The molecule has 2 rings (SSSR count). The van der Waals surface area contributed by atoms with Crippen molar-refractivity contribution in [1.82, 2.24) is 4.90 Å². The molecule has 1 aromatic rings. The summed E-state index contributed by atoms with van der Waals surface area (Å²) in [7, 11) is 0. The molecular formula is C14H16ClNO4. The minimum absolute atomic E-state index is 0.0686. The molecule has 1 atom stereocenters. The Morgan fingerprint density at radius 3 is 2.55 bits per heavy atom. The number of ether oxygens (including phenoxy) is 1. The topological polar surface area (TPSA) is 66.8 Å². The molecule has 20 heavy (non-hydrogen) atoms. The third kappa shape index (κ3) is 3.22. The third-order valence-electron chi connectivity index (χ3n) is 3.25. The first-order valence-corrected chi connectivity index (χ1v) is 6.85. The third-order valence-corrected chi connectivity index (χ3v) is 3.54. The van der Waals surface area contributed by atoms with E-state index >= 15 is 0 Å². The molecule has 1 fully saturated rings. The number of rotatable bonds is 4. The van der Waals surface area contributed by atoms with Gasteiger partial charge >= 0.3 is 5.97 Å². The minimum Gasteiger partial charge on any atom is -0.479 e. The van der Waals surface area contributed by atoms with Crippen LogP contribution in [0.1, 0.15) is 30.1 Å². The number of aromatic carboxylic acids is 1. The summed E-state index contributed by atoms with van der Waals surface area (Å²) in [5.74, 6) is -0.808. The minimum atomic E-state index is -1.06. The van der Waals surface area contributed by atoms with Crippen molar-refractivity contribution in [2.45, 2.75) is 25.9 Å². The second-order valence-corrected chi connectivity index (χ2v) is 5.15. The van der Waals surface area contributed by atoms with Gasteiger partial charge in [0.25, 0.3) is 5.91 Å². The predicted molar refractivity (Wildman–Crippen MR) is 74.3 cm³/mol. The van der Waals surface area contributed by atoms with Gasteiger partial charge in [0.2, 0.25) is 0 Å². The SMILES string of the molecule is CC(Oc1ccc(C(=O)O)cc1Cl)C(=O)N1CCCC1. The highest BCUT2D eigenvalue weighted by molar-refractivity contribution is 6.32. The molecule has 1 aromatic carbocycles. The van der Waals surface area contributed by atoms with E-state index in [1.165, 1.54) is 18.2 Å². The van der Waals surface area contributed by atoms with E-state index in [1.807, 2.05) is 0 Å². The zero-order chi connectivity index (χ0) is 14.7. The van der Waals surface area contributed by atoms with E-state index in [9.17, 15) is 9.59 Å². The van der Waals surface area contributed by atoms with Gasteiger partial charge in [0, 0.05) is 13.1 Å². The molecule has 0 spiro atoms. The van der Waals surface area contributed by atoms with Crippen molar-refractivity contribution in [3.8, 4) is 5.75 Å². The molecule has 0 radical (unpaired) electrons. The number of carbonyl (C=O) groups is 2. The van der Waals surface area contributed by atoms with E-state index in [0.29, 0.717) is 5.75 Å². The second-order valence-electron chi connectivity index (χ2n) is 4.74. The first kappa shape index (κ1) is 14.7. The average Bonchev–Trinajstić information content (AvgIpc) is 2.93. The van der Waals surface area contributed by atoms with Crippen LogP contribution in [0.4, 0.5) is 0 Å². The lowest BCUT2D eigenvalue weighted by atomic mass is 10.2. The molecule has 1 saturated heterocycles. The van der Waals surface area contributed by atoms with Gasteiger partial charge in [-0.2, -0.15) is 0 Å². The van der Waals surface area contributed by atoms with Crippen LogP contribution in [-0.4, -0.2) is 41.1 Å². The Labute approximate surface area is 122 Å². The van der Waals surface area contributed by atoms with Gasteiger partial charge in [0.1, 0.15) is 5.75 Å². The van der Waals surface area contributed by atoms with Crippen LogP contribution in [0.5, 0.6) is 5.75 Å². The summed E-state index contributed by atoms with van der Waals surface area (Å²) in [4.78, 5) is 24.7. The molecule has 1 amide bonds. The lowest BCUT2D eigenvalue weighted by Crippen LogP contribution is -2.38. The molecule has 1 heterocycles. The van der Waals surface area contributed by atoms with Gasteiger partial charge in [-0.1, -0.05) is 11.6 Å². The van der Waals surface area contributed by atoms with Crippen molar-refractivity contribution in [3.63, 3.8) is 0 Å². The Kier molecular flexibility index (Phi) is 4.49. The average molecular weight is 298 g/mol. The number of benzene rings is 1. The van der Waals surface area contributed by atoms with Crippen LogP contribution in [0.15, 0.2) is 18.2 Å². The second kappa shape index (κ2) is 6.13. The fourth-order valence-electron chi connectivity index (χ4n) is 2.16. The van der Waals surface area contributed by atoms with Crippen LogP contribution >= 0.6 is 11.6 Å². The summed E-state index contributed by atoms with van der Waals surface area (Å²) >= 11 is 5.97. The fourth-order valence-corrected chi connectivity index (χ4v) is 2.39. The van der Waals surface area contributed by atoms with Crippen LogP contribution in [0.2, 0.25) is 5.02 Å². The summed E-state index contributed by atoms with van der Waals surface area (Å²) in [6.07, 6.45) is 1.40. The van der Waals surface area contributed by atoms with Gasteiger partial charge in [-0.3, -0.25) is 4.79 Å². The lowest BCUT2D eigenvalue weighted by Gasteiger charge is -2.21. The number of carboxylic acids is 1. The summed E-state index contributed by atoms with van der Waals surface area (Å²) in [6, 6.07) is 4.18. The molecule has 0 aliphatic carbocycles. The van der Waals surface area contributed by atoms with Gasteiger partial charge in [0.05, 0.1) is 10.6 Å². The fraction of sp³-hybridized carbons (Fsp3) is 0.429. The lowest BCUT2D eigenvalue weighted by molar-refractivity contribution is -0.136. The number of amides is 1. The summed E-state index contributed by atoms with van der Waals surface area (Å²) in [5, 5.41) is 9.04. The zero-order valence-corrected chi connectivity index (χ0v) is 11.9. The van der Waals surface area contributed by atoms with Gasteiger partial charge in [-0.15, -0.1) is 0 Å². The van der Waals surface area contributed by atoms with Crippen LogP contribution in [-0.2, 0) is 4.79 Å². The Morgan fingerprint density at radius 1 is 1.35 bits per heavy atom. The van der Waals surface area contributed by atoms with Crippen LogP contribution in [0.3, 0.4) is 0 Å². The first-order valence-electron chi connectivity index (χ1n) is 6.47. The monoisotopic (exact) mass is 297 g/mol. The van der Waals surface area contributed by atoms with Crippen molar-refractivity contribution in [1.29, 1.82) is 0 Å². The van der Waals surface area contributed by atoms with Crippen molar-refractivity contribution >= 4 is 23.5 Å². The number of hydrogen-bond acceptors (Lipinski definition) is 3. The van der Waals surface area contributed by atoms with Crippen molar-refractivity contribution < 1.29 is 19.4 Å². The molecule has 1 aliphatic heterocycles. The van der Waals surface area contributed by atoms with E-state index in [1.54, 1.807) is 11.8 Å². The van der Waals surface area contributed by atoms with Crippen molar-refractivity contribution in [2.24, 2.45) is 0 Å². The molecule has 1 aliphatic rings. The quantitative estimate of drug-likeness (QED) is 0.927. The zero-order valence-electron chi connectivity index (χ0n) is 11.1. The first-order chi connectivity index (χ1) is 9.49. The number of halogens is 1. The Balaban J connectivity index is 2.05. The highest BCUT2D eigenvalue weighted by Crippen LogP contribution is 2.27. The molecule has 108 valence electrons. The Morgan fingerprint density at radius 2 is 2.00 bits per heavy atom. The molecule has 1 N–H and O–H groups in total. The smallest absolute Gasteiger partial charge is 0.335 e. The van der Waals surface area contributed by atoms with Crippen molar-refractivity contribution in [3.05, 3.63) is 28.8 Å². The van der Waals surface area contributed by atoms with Crippen molar-refractivity contribution in [2.75, 3.05) is 13.1 Å². The van der Waals surface area contributed by atoms with E-state index in [2.05, 4.69) is 0 Å². The summed E-state index contributed by atoms with van der Waals surface area (Å²) in [6.45, 7) is 3.19. The van der Waals surface area contributed by atoms with E-state index < -0.39 is 12.1 Å². The highest BCUT2D eigenvalue weighted by Gasteiger charge is 2.25. The van der Waals surface area contributed by atoms with E-state index in [0.717, 1.165) is 25.9 Å². The van der Waals surface area contributed by atoms with E-state index in [4.69, 9.17) is 21.4 Å². The molecule has 6 heteroatoms. The predicted octanol–water partition coefficient (Wildman–Crippen LogP) is 2.43. The van der Waals surface area contributed by atoms with Gasteiger partial charge in [-0.25, -0.2) is 4.79 Å². The Hall–Kier alpha value is -1.75. The number of likely N-dealkylation sites (tertiary alicyclic amines) is 1. The standard InChI is InChI=1S/C14H16ClNO4/c1-9(13(17)16-6-2-3-7-16)20-12-5-4-10(14(18)19)8-11(12)15/h4-5,8-9H,2-3,6-7H2,1H3,(H,18,19). The molecule has 1 unspecified atom stereocenters. The molecule has 0 aromatic heterocycles. The number of carboxylic acid groups (broad SMARTS) is 1. The van der Waals surface area contributed by atoms with Gasteiger partial charge < -0.3 is 14.7 Å². The van der Waals surface area contributed by atoms with Crippen LogP contribution < -0.4 is 4.74 Å². The van der Waals surface area contributed by atoms with Crippen LogP contribution in [0.25, 0.3) is 0 Å². The molecule has 5 nitrogen and oxygen atoms in total. The maximum Gasteiger partial charge on any atom is 0.335 e. The van der Waals surface area contributed by atoms with Gasteiger partial charge in [-0.05, 0) is 38.0 Å². The number of carbonyl (C=O) groups excluding carboxylic acids is 1. The largest absolute Gasteiger partial charge is 0.479 e.